The zero-order valence-electron chi connectivity index (χ0n) is 4.95. The molecular formula is C7H7NS+. The van der Waals surface area contributed by atoms with Crippen molar-refractivity contribution in [3.8, 4) is 0 Å². The quantitative estimate of drug-likeness (QED) is 0.557. The van der Waals surface area contributed by atoms with Crippen LogP contribution in [0.4, 0.5) is 0 Å². The Morgan fingerprint density at radius 1 is 1.22 bits per heavy atom. The van der Waals surface area contributed by atoms with Gasteiger partial charge in [-0.05, 0) is 0 Å². The Morgan fingerprint density at radius 3 is 2.44 bits per heavy atom. The molecule has 0 saturated carbocycles. The largest absolute Gasteiger partial charge is 0.203 e. The van der Waals surface area contributed by atoms with Gasteiger partial charge >= 0.3 is 0 Å². The highest BCUT2D eigenvalue weighted by Gasteiger charge is 1.92. The van der Waals surface area contributed by atoms with E-state index in [4.69, 9.17) is 0 Å². The summed E-state index contributed by atoms with van der Waals surface area (Å²) in [5.41, 5.74) is 0. The standard InChI is InChI=1S/C7H7NS/c1-2-9-8-6-4-3-5-7-8/h3-7H,1H2/q+1. The van der Waals surface area contributed by atoms with E-state index < -0.39 is 0 Å². The van der Waals surface area contributed by atoms with Crippen molar-refractivity contribution in [3.05, 3.63) is 42.6 Å². The lowest BCUT2D eigenvalue weighted by molar-refractivity contribution is -0.493. The van der Waals surface area contributed by atoms with Crippen LogP contribution in [-0.4, -0.2) is 0 Å². The van der Waals surface area contributed by atoms with Gasteiger partial charge < -0.3 is 0 Å². The Bertz CT molecular complexity index is 183. The van der Waals surface area contributed by atoms with Crippen LogP contribution in [-0.2, 0) is 0 Å². The monoisotopic (exact) mass is 137 g/mol. The van der Waals surface area contributed by atoms with Gasteiger partial charge in [-0.15, -0.1) is 3.97 Å². The molecule has 0 saturated heterocycles. The van der Waals surface area contributed by atoms with E-state index in [1.807, 2.05) is 34.6 Å². The summed E-state index contributed by atoms with van der Waals surface area (Å²) in [6.45, 7) is 3.47. The number of hydrogen-bond donors (Lipinski definition) is 0. The molecule has 0 aromatic carbocycles. The Labute approximate surface area is 59.2 Å². The fraction of sp³-hybridized carbons (Fsp3) is 0. The fourth-order valence-electron chi connectivity index (χ4n) is 0.518. The van der Waals surface area contributed by atoms with Crippen LogP contribution in [0.15, 0.2) is 37.2 Å². The van der Waals surface area contributed by atoms with Crippen molar-refractivity contribution >= 4 is 11.9 Å². The molecule has 2 heteroatoms. The van der Waals surface area contributed by atoms with Gasteiger partial charge in [-0.2, -0.15) is 0 Å². The lowest BCUT2D eigenvalue weighted by Gasteiger charge is -1.81. The van der Waals surface area contributed by atoms with Crippen molar-refractivity contribution < 1.29 is 3.97 Å². The predicted molar refractivity (Wildman–Crippen MR) is 38.5 cm³/mol. The summed E-state index contributed by atoms with van der Waals surface area (Å²) in [5.74, 6) is 0. The molecular weight excluding hydrogens is 130 g/mol. The maximum atomic E-state index is 3.47. The molecule has 0 unspecified atom stereocenters. The van der Waals surface area contributed by atoms with Crippen LogP contribution in [0.5, 0.6) is 0 Å². The van der Waals surface area contributed by atoms with Crippen LogP contribution in [0.3, 0.4) is 0 Å². The minimum Gasteiger partial charge on any atom is -0.130 e. The minimum atomic E-state index is 1.43. The molecule has 0 atom stereocenters. The van der Waals surface area contributed by atoms with E-state index in [-0.39, 0.29) is 0 Å². The average Bonchev–Trinajstić information content (AvgIpc) is 1.91. The molecule has 45 valence electrons. The van der Waals surface area contributed by atoms with Crippen LogP contribution >= 0.6 is 11.9 Å². The number of pyridine rings is 1. The predicted octanol–water partition coefficient (Wildman–Crippen LogP) is 1.42. The van der Waals surface area contributed by atoms with Crippen LogP contribution in [0.1, 0.15) is 0 Å². The first-order valence-corrected chi connectivity index (χ1v) is 3.36. The van der Waals surface area contributed by atoms with E-state index >= 15 is 0 Å². The fourth-order valence-corrected chi connectivity index (χ4v) is 0.930. The SMILES string of the molecule is C=[C]S[n+]1ccccc1. The first-order chi connectivity index (χ1) is 4.43. The minimum absolute atomic E-state index is 1.43. The molecule has 0 aliphatic rings. The molecule has 0 bridgehead atoms. The van der Waals surface area contributed by atoms with Crippen LogP contribution < -0.4 is 3.97 Å². The summed E-state index contributed by atoms with van der Waals surface area (Å²) in [6.07, 6.45) is 3.89. The van der Waals surface area contributed by atoms with E-state index in [1.54, 1.807) is 0 Å². The Hall–Kier alpha value is -0.760. The Morgan fingerprint density at radius 2 is 1.89 bits per heavy atom. The van der Waals surface area contributed by atoms with Gasteiger partial charge in [0.05, 0.1) is 5.41 Å². The molecule has 0 aliphatic heterocycles. The van der Waals surface area contributed by atoms with Crippen molar-refractivity contribution in [2.75, 3.05) is 0 Å². The lowest BCUT2D eigenvalue weighted by atomic mass is 10.5. The molecule has 9 heavy (non-hydrogen) atoms. The third kappa shape index (κ3) is 1.90. The highest BCUT2D eigenvalue weighted by Crippen LogP contribution is 1.89. The summed E-state index contributed by atoms with van der Waals surface area (Å²) in [6, 6.07) is 5.90. The normalized spacial score (nSPS) is 8.89. The van der Waals surface area contributed by atoms with Crippen molar-refractivity contribution in [3.63, 3.8) is 0 Å². The number of aromatic nitrogens is 1. The maximum absolute atomic E-state index is 3.47. The molecule has 0 fully saturated rings. The molecule has 1 nitrogen and oxygen atoms in total. The molecule has 1 heterocycles. The first-order valence-electron chi connectivity index (χ1n) is 2.59. The molecule has 0 amide bonds. The second-order valence-electron chi connectivity index (χ2n) is 1.47. The van der Waals surface area contributed by atoms with E-state index in [9.17, 15) is 0 Å². The van der Waals surface area contributed by atoms with Crippen molar-refractivity contribution in [1.82, 2.24) is 0 Å². The summed E-state index contributed by atoms with van der Waals surface area (Å²) in [7, 11) is 0. The van der Waals surface area contributed by atoms with Crippen molar-refractivity contribution in [1.29, 1.82) is 0 Å². The topological polar surface area (TPSA) is 3.88 Å². The van der Waals surface area contributed by atoms with Gasteiger partial charge in [0.25, 0.3) is 0 Å². The number of hydrogen-bond acceptors (Lipinski definition) is 1. The molecule has 1 aromatic rings. The summed E-state index contributed by atoms with van der Waals surface area (Å²) in [4.78, 5) is 0. The number of nitrogens with zero attached hydrogens (tertiary/aromatic N) is 1. The zero-order chi connectivity index (χ0) is 6.53. The van der Waals surface area contributed by atoms with Gasteiger partial charge in [0, 0.05) is 12.1 Å². The van der Waals surface area contributed by atoms with Crippen LogP contribution in [0.2, 0.25) is 0 Å². The molecule has 0 aliphatic carbocycles. The van der Waals surface area contributed by atoms with Crippen LogP contribution in [0, 0.1) is 5.41 Å². The van der Waals surface area contributed by atoms with Gasteiger partial charge in [-0.3, -0.25) is 0 Å². The molecule has 1 aromatic heterocycles. The van der Waals surface area contributed by atoms with E-state index in [2.05, 4.69) is 12.0 Å². The van der Waals surface area contributed by atoms with E-state index in [0.717, 1.165) is 0 Å². The maximum Gasteiger partial charge on any atom is 0.203 e. The average molecular weight is 137 g/mol. The molecule has 1 rings (SSSR count). The van der Waals surface area contributed by atoms with Crippen molar-refractivity contribution in [2.45, 2.75) is 0 Å². The smallest absolute Gasteiger partial charge is 0.130 e. The van der Waals surface area contributed by atoms with Gasteiger partial charge in [-0.25, -0.2) is 0 Å². The summed E-state index contributed by atoms with van der Waals surface area (Å²) >= 11 is 1.43. The number of rotatable bonds is 2. The van der Waals surface area contributed by atoms with Crippen LogP contribution in [0.25, 0.3) is 0 Å². The second kappa shape index (κ2) is 3.30. The third-order valence-electron chi connectivity index (χ3n) is 0.858. The lowest BCUT2D eigenvalue weighted by Crippen LogP contribution is -2.21. The molecule has 0 N–H and O–H groups in total. The van der Waals surface area contributed by atoms with Gasteiger partial charge in [0.15, 0.2) is 12.4 Å². The van der Waals surface area contributed by atoms with Crippen molar-refractivity contribution in [2.24, 2.45) is 0 Å². The Balaban J connectivity index is 2.72. The van der Waals surface area contributed by atoms with Gasteiger partial charge in [0.2, 0.25) is 11.9 Å². The highest BCUT2D eigenvalue weighted by atomic mass is 32.2. The molecule has 1 radical (unpaired) electrons. The second-order valence-corrected chi connectivity index (χ2v) is 2.36. The van der Waals surface area contributed by atoms with E-state index in [1.165, 1.54) is 11.9 Å². The third-order valence-corrected chi connectivity index (χ3v) is 1.44. The van der Waals surface area contributed by atoms with Gasteiger partial charge in [0.1, 0.15) is 0 Å². The summed E-state index contributed by atoms with van der Waals surface area (Å²) in [5, 5.41) is 2.71. The van der Waals surface area contributed by atoms with E-state index in [0.29, 0.717) is 0 Å². The Kier molecular flexibility index (Phi) is 2.33. The summed E-state index contributed by atoms with van der Waals surface area (Å²) < 4.78 is 1.92. The first kappa shape index (κ1) is 6.36. The molecule has 0 spiro atoms. The zero-order valence-corrected chi connectivity index (χ0v) is 5.77. The van der Waals surface area contributed by atoms with Gasteiger partial charge in [-0.1, -0.05) is 12.6 Å². The highest BCUT2D eigenvalue weighted by molar-refractivity contribution is 7.94.